The molecule has 0 unspecified atom stereocenters. The van der Waals surface area contributed by atoms with Gasteiger partial charge in [0.15, 0.2) is 5.82 Å². The van der Waals surface area contributed by atoms with Crippen LogP contribution in [-0.2, 0) is 0 Å². The van der Waals surface area contributed by atoms with Gasteiger partial charge in [-0.25, -0.2) is 4.68 Å². The maximum absolute atomic E-state index is 10.9. The molecule has 0 aliphatic carbocycles. The summed E-state index contributed by atoms with van der Waals surface area (Å²) in [5.41, 5.74) is 5.15. The Morgan fingerprint density at radius 1 is 1.13 bits per heavy atom. The molecule has 8 heteroatoms. The molecule has 1 aliphatic heterocycles. The third-order valence-corrected chi connectivity index (χ3v) is 4.61. The second-order valence-electron chi connectivity index (χ2n) is 4.99. The van der Waals surface area contributed by atoms with Crippen LogP contribution in [0.3, 0.4) is 0 Å². The van der Waals surface area contributed by atoms with Crippen molar-refractivity contribution in [2.24, 2.45) is 0 Å². The fourth-order valence-electron chi connectivity index (χ4n) is 2.43. The lowest BCUT2D eigenvalue weighted by atomic mass is 10.2. The predicted molar refractivity (Wildman–Crippen MR) is 86.5 cm³/mol. The summed E-state index contributed by atoms with van der Waals surface area (Å²) < 4.78 is 1.78. The Kier molecular flexibility index (Phi) is 3.23. The molecule has 23 heavy (non-hydrogen) atoms. The van der Waals surface area contributed by atoms with E-state index in [2.05, 4.69) is 15.6 Å². The van der Waals surface area contributed by atoms with Crippen molar-refractivity contribution in [2.75, 3.05) is 5.43 Å². The van der Waals surface area contributed by atoms with E-state index in [-0.39, 0.29) is 11.1 Å². The topological polar surface area (TPSA) is 85.9 Å². The minimum absolute atomic E-state index is 0.0325. The number of nitro groups is 1. The van der Waals surface area contributed by atoms with Gasteiger partial charge in [-0.1, -0.05) is 54.2 Å². The summed E-state index contributed by atoms with van der Waals surface area (Å²) in [6, 6.07) is 16.4. The Morgan fingerprint density at radius 2 is 1.96 bits per heavy atom. The Labute approximate surface area is 135 Å². The van der Waals surface area contributed by atoms with Crippen molar-refractivity contribution in [3.63, 3.8) is 0 Å². The number of nitrogens with one attached hydrogen (secondary N) is 1. The number of rotatable bonds is 3. The molecule has 3 aromatic rings. The first-order valence-electron chi connectivity index (χ1n) is 6.91. The fraction of sp³-hybridized carbons (Fsp3) is 0.0667. The molecular weight excluding hydrogens is 314 g/mol. The van der Waals surface area contributed by atoms with Gasteiger partial charge in [-0.05, 0) is 5.56 Å². The number of thioether (sulfide) groups is 1. The third-order valence-electron chi connectivity index (χ3n) is 3.52. The molecule has 1 aliphatic rings. The third kappa shape index (κ3) is 2.42. The highest BCUT2D eigenvalue weighted by molar-refractivity contribution is 7.99. The van der Waals surface area contributed by atoms with Gasteiger partial charge in [-0.2, -0.15) is 0 Å². The summed E-state index contributed by atoms with van der Waals surface area (Å²) in [7, 11) is 0. The fourth-order valence-corrected chi connectivity index (χ4v) is 3.42. The number of hydrogen-bond donors (Lipinski definition) is 1. The number of nitro benzene ring substituents is 1. The molecule has 4 rings (SSSR count). The normalized spacial score (nSPS) is 15.9. The van der Waals surface area contributed by atoms with Crippen molar-refractivity contribution in [1.29, 1.82) is 0 Å². The molecule has 2 heterocycles. The molecular formula is C15H11N5O2S. The minimum atomic E-state index is -0.417. The maximum atomic E-state index is 10.9. The van der Waals surface area contributed by atoms with Crippen LogP contribution in [0.25, 0.3) is 11.4 Å². The number of non-ortho nitro benzene ring substituents is 1. The van der Waals surface area contributed by atoms with Crippen molar-refractivity contribution < 1.29 is 4.92 Å². The molecule has 0 saturated carbocycles. The molecule has 2 aromatic carbocycles. The van der Waals surface area contributed by atoms with Gasteiger partial charge in [0, 0.05) is 17.7 Å². The number of nitrogens with zero attached hydrogens (tertiary/aromatic N) is 4. The van der Waals surface area contributed by atoms with E-state index in [9.17, 15) is 10.1 Å². The summed E-state index contributed by atoms with van der Waals surface area (Å²) in [4.78, 5) is 10.5. The van der Waals surface area contributed by atoms with Crippen LogP contribution < -0.4 is 5.43 Å². The minimum Gasteiger partial charge on any atom is -0.304 e. The van der Waals surface area contributed by atoms with Gasteiger partial charge in [0.2, 0.25) is 5.16 Å². The van der Waals surface area contributed by atoms with Crippen molar-refractivity contribution in [3.05, 3.63) is 70.3 Å². The van der Waals surface area contributed by atoms with Gasteiger partial charge >= 0.3 is 0 Å². The lowest BCUT2D eigenvalue weighted by Crippen LogP contribution is -2.13. The largest absolute Gasteiger partial charge is 0.304 e. The molecule has 1 atom stereocenters. The van der Waals surface area contributed by atoms with E-state index >= 15 is 0 Å². The van der Waals surface area contributed by atoms with Crippen LogP contribution in [0.5, 0.6) is 0 Å². The van der Waals surface area contributed by atoms with E-state index in [1.165, 1.54) is 12.1 Å². The molecule has 7 nitrogen and oxygen atoms in total. The first-order valence-corrected chi connectivity index (χ1v) is 7.79. The second kappa shape index (κ2) is 5.40. The van der Waals surface area contributed by atoms with E-state index < -0.39 is 4.92 Å². The van der Waals surface area contributed by atoms with Gasteiger partial charge in [0.1, 0.15) is 5.37 Å². The second-order valence-corrected chi connectivity index (χ2v) is 6.06. The van der Waals surface area contributed by atoms with E-state index in [0.717, 1.165) is 10.7 Å². The van der Waals surface area contributed by atoms with E-state index in [1.807, 2.05) is 30.3 Å². The number of hydrogen-bond acceptors (Lipinski definition) is 6. The van der Waals surface area contributed by atoms with Crippen LogP contribution >= 0.6 is 11.8 Å². The number of fused-ring (bicyclic) bond motifs is 1. The molecule has 0 bridgehead atoms. The van der Waals surface area contributed by atoms with Crippen molar-refractivity contribution in [2.45, 2.75) is 10.5 Å². The summed E-state index contributed by atoms with van der Waals surface area (Å²) in [6.45, 7) is 0. The molecule has 0 spiro atoms. The first-order chi connectivity index (χ1) is 11.2. The van der Waals surface area contributed by atoms with E-state index in [1.54, 1.807) is 28.6 Å². The summed E-state index contributed by atoms with van der Waals surface area (Å²) in [5.74, 6) is 0.564. The zero-order chi connectivity index (χ0) is 15.8. The van der Waals surface area contributed by atoms with Crippen LogP contribution in [0.4, 0.5) is 5.69 Å². The summed E-state index contributed by atoms with van der Waals surface area (Å²) >= 11 is 1.56. The van der Waals surface area contributed by atoms with E-state index in [4.69, 9.17) is 0 Å². The van der Waals surface area contributed by atoms with Gasteiger partial charge in [0.25, 0.3) is 5.69 Å². The Bertz CT molecular complexity index is 881. The van der Waals surface area contributed by atoms with Crippen LogP contribution in [-0.4, -0.2) is 19.8 Å². The molecule has 0 radical (unpaired) electrons. The highest BCUT2D eigenvalue weighted by Crippen LogP contribution is 2.40. The highest BCUT2D eigenvalue weighted by Gasteiger charge is 2.28. The molecule has 0 fully saturated rings. The molecule has 114 valence electrons. The quantitative estimate of drug-likeness (QED) is 0.588. The average Bonchev–Trinajstić information content (AvgIpc) is 3.16. The summed E-state index contributed by atoms with van der Waals surface area (Å²) in [5, 5.41) is 20.0. The molecule has 0 amide bonds. The van der Waals surface area contributed by atoms with Crippen LogP contribution in [0.1, 0.15) is 10.9 Å². The Balaban J connectivity index is 1.68. The van der Waals surface area contributed by atoms with Crippen LogP contribution in [0.2, 0.25) is 0 Å². The zero-order valence-electron chi connectivity index (χ0n) is 11.8. The van der Waals surface area contributed by atoms with Gasteiger partial charge in [-0.3, -0.25) is 10.1 Å². The number of benzene rings is 2. The monoisotopic (exact) mass is 325 g/mol. The maximum Gasteiger partial charge on any atom is 0.270 e. The van der Waals surface area contributed by atoms with Gasteiger partial charge in [0.05, 0.1) is 4.92 Å². The SMILES string of the molecule is O=[N+]([O-])c1cccc(-c2nnc3n2N[C@H](c2ccccc2)S3)c1. The predicted octanol–water partition coefficient (Wildman–Crippen LogP) is 3.20. The van der Waals surface area contributed by atoms with Gasteiger partial charge < -0.3 is 5.43 Å². The highest BCUT2D eigenvalue weighted by atomic mass is 32.2. The average molecular weight is 325 g/mol. The van der Waals surface area contributed by atoms with Crippen LogP contribution in [0, 0.1) is 10.1 Å². The smallest absolute Gasteiger partial charge is 0.270 e. The lowest BCUT2D eigenvalue weighted by Gasteiger charge is -2.11. The Morgan fingerprint density at radius 3 is 2.74 bits per heavy atom. The van der Waals surface area contributed by atoms with Crippen LogP contribution in [0.15, 0.2) is 59.8 Å². The number of aromatic nitrogens is 3. The lowest BCUT2D eigenvalue weighted by molar-refractivity contribution is -0.384. The van der Waals surface area contributed by atoms with Crippen molar-refractivity contribution >= 4 is 17.4 Å². The first kappa shape index (κ1) is 13.8. The molecule has 1 N–H and O–H groups in total. The Hall–Kier alpha value is -2.87. The van der Waals surface area contributed by atoms with Crippen molar-refractivity contribution in [1.82, 2.24) is 14.9 Å². The molecule has 0 saturated heterocycles. The van der Waals surface area contributed by atoms with Crippen molar-refractivity contribution in [3.8, 4) is 11.4 Å². The van der Waals surface area contributed by atoms with Gasteiger partial charge in [-0.15, -0.1) is 10.2 Å². The molecule has 1 aromatic heterocycles. The standard InChI is InChI=1S/C15H11N5O2S/c21-20(22)12-8-4-7-11(9-12)13-16-17-15-19(13)18-14(23-15)10-5-2-1-3-6-10/h1-9,14,18H/t14-/m0/s1. The zero-order valence-corrected chi connectivity index (χ0v) is 12.6. The summed E-state index contributed by atoms with van der Waals surface area (Å²) in [6.07, 6.45) is 0. The van der Waals surface area contributed by atoms with E-state index in [0.29, 0.717) is 11.4 Å².